The molecule has 0 radical (unpaired) electrons. The molecule has 1 amide bonds. The van der Waals surface area contributed by atoms with Gasteiger partial charge in [0, 0.05) is 17.0 Å². The molecule has 1 atom stereocenters. The van der Waals surface area contributed by atoms with Crippen molar-refractivity contribution in [2.24, 2.45) is 5.10 Å². The van der Waals surface area contributed by atoms with Gasteiger partial charge < -0.3 is 4.74 Å². The smallest absolute Gasteiger partial charge is 0.257 e. The van der Waals surface area contributed by atoms with Gasteiger partial charge in [-0.1, -0.05) is 35.9 Å². The summed E-state index contributed by atoms with van der Waals surface area (Å²) in [5.41, 5.74) is 2.92. The summed E-state index contributed by atoms with van der Waals surface area (Å²) in [4.78, 5) is 15.3. The van der Waals surface area contributed by atoms with Gasteiger partial charge in [-0.2, -0.15) is 5.10 Å². The molecule has 2 aromatic rings. The minimum absolute atomic E-state index is 0.0414. The zero-order valence-electron chi connectivity index (χ0n) is 16.0. The van der Waals surface area contributed by atoms with Crippen molar-refractivity contribution in [2.75, 3.05) is 26.7 Å². The largest absolute Gasteiger partial charge is 0.497 e. The third-order valence-electron chi connectivity index (χ3n) is 5.38. The molecular weight excluding hydrogens is 374 g/mol. The molecule has 6 heteroatoms. The van der Waals surface area contributed by atoms with Crippen molar-refractivity contribution in [1.29, 1.82) is 0 Å². The van der Waals surface area contributed by atoms with Crippen molar-refractivity contribution in [3.63, 3.8) is 0 Å². The number of ether oxygens (including phenoxy) is 1. The molecule has 5 nitrogen and oxygen atoms in total. The standard InChI is InChI=1S/C22H24ClN3O2/c1-28-19-6-4-5-17(13-19)20-14-21(16-7-9-18(23)10-8-16)26(24-20)22(27)15-25-11-2-3-12-25/h4-10,13,21H,2-3,11-12,14-15H2,1H3. The summed E-state index contributed by atoms with van der Waals surface area (Å²) in [7, 11) is 1.65. The Labute approximate surface area is 170 Å². The second-order valence-corrected chi connectivity index (χ2v) is 7.71. The lowest BCUT2D eigenvalue weighted by atomic mass is 9.98. The van der Waals surface area contributed by atoms with Crippen LogP contribution >= 0.6 is 11.6 Å². The molecule has 146 valence electrons. The summed E-state index contributed by atoms with van der Waals surface area (Å²) in [6.07, 6.45) is 2.99. The number of hydrogen-bond acceptors (Lipinski definition) is 4. The van der Waals surface area contributed by atoms with Crippen LogP contribution in [0.3, 0.4) is 0 Å². The van der Waals surface area contributed by atoms with E-state index in [-0.39, 0.29) is 11.9 Å². The van der Waals surface area contributed by atoms with Gasteiger partial charge in [-0.15, -0.1) is 0 Å². The Morgan fingerprint density at radius 3 is 2.64 bits per heavy atom. The highest BCUT2D eigenvalue weighted by Gasteiger charge is 2.34. The average molecular weight is 398 g/mol. The number of benzene rings is 2. The maximum absolute atomic E-state index is 13.1. The molecule has 4 rings (SSSR count). The molecule has 1 saturated heterocycles. The number of methoxy groups -OCH3 is 1. The van der Waals surface area contributed by atoms with Gasteiger partial charge in [-0.25, -0.2) is 5.01 Å². The summed E-state index contributed by atoms with van der Waals surface area (Å²) >= 11 is 6.06. The first-order chi connectivity index (χ1) is 13.6. The Bertz CT molecular complexity index is 876. The lowest BCUT2D eigenvalue weighted by molar-refractivity contribution is -0.134. The summed E-state index contributed by atoms with van der Waals surface area (Å²) < 4.78 is 5.35. The normalized spacial score (nSPS) is 19.7. The van der Waals surface area contributed by atoms with E-state index in [0.29, 0.717) is 18.0 Å². The molecule has 2 aliphatic rings. The van der Waals surface area contributed by atoms with Crippen LogP contribution in [0.2, 0.25) is 5.02 Å². The fourth-order valence-corrected chi connectivity index (χ4v) is 3.99. The number of carbonyl (C=O) groups is 1. The van der Waals surface area contributed by atoms with Crippen LogP contribution in [0.15, 0.2) is 53.6 Å². The van der Waals surface area contributed by atoms with E-state index in [9.17, 15) is 4.79 Å². The van der Waals surface area contributed by atoms with Gasteiger partial charge >= 0.3 is 0 Å². The molecule has 2 aromatic carbocycles. The fourth-order valence-electron chi connectivity index (χ4n) is 3.87. The number of hydrazone groups is 1. The maximum Gasteiger partial charge on any atom is 0.257 e. The number of hydrogen-bond donors (Lipinski definition) is 0. The van der Waals surface area contributed by atoms with Gasteiger partial charge in [0.25, 0.3) is 5.91 Å². The molecule has 0 bridgehead atoms. The van der Waals surface area contributed by atoms with Crippen LogP contribution in [0.1, 0.15) is 36.4 Å². The third kappa shape index (κ3) is 4.05. The number of rotatable bonds is 5. The monoisotopic (exact) mass is 397 g/mol. The number of carbonyl (C=O) groups excluding carboxylic acids is 1. The number of halogens is 1. The van der Waals surface area contributed by atoms with Crippen molar-refractivity contribution in [2.45, 2.75) is 25.3 Å². The van der Waals surface area contributed by atoms with E-state index in [0.717, 1.165) is 48.5 Å². The van der Waals surface area contributed by atoms with Gasteiger partial charge in [0.2, 0.25) is 0 Å². The highest BCUT2D eigenvalue weighted by Crippen LogP contribution is 2.34. The van der Waals surface area contributed by atoms with Crippen molar-refractivity contribution in [3.8, 4) is 5.75 Å². The minimum Gasteiger partial charge on any atom is -0.497 e. The average Bonchev–Trinajstić information content (AvgIpc) is 3.38. The van der Waals surface area contributed by atoms with E-state index in [1.165, 1.54) is 0 Å². The summed E-state index contributed by atoms with van der Waals surface area (Å²) in [5.74, 6) is 0.824. The molecule has 0 saturated carbocycles. The third-order valence-corrected chi connectivity index (χ3v) is 5.63. The van der Waals surface area contributed by atoms with Crippen LogP contribution in [0.25, 0.3) is 0 Å². The summed E-state index contributed by atoms with van der Waals surface area (Å²) in [6, 6.07) is 15.4. The zero-order valence-corrected chi connectivity index (χ0v) is 16.7. The first-order valence-electron chi connectivity index (χ1n) is 9.66. The first-order valence-corrected chi connectivity index (χ1v) is 10.0. The second kappa shape index (κ2) is 8.33. The van der Waals surface area contributed by atoms with Crippen LogP contribution in [-0.4, -0.2) is 48.3 Å². The van der Waals surface area contributed by atoms with Crippen molar-refractivity contribution in [3.05, 3.63) is 64.7 Å². The summed E-state index contributed by atoms with van der Waals surface area (Å²) in [6.45, 7) is 2.38. The highest BCUT2D eigenvalue weighted by atomic mass is 35.5. The molecule has 1 unspecified atom stereocenters. The Balaban J connectivity index is 1.62. The van der Waals surface area contributed by atoms with Crippen LogP contribution < -0.4 is 4.74 Å². The van der Waals surface area contributed by atoms with Crippen molar-refractivity contribution < 1.29 is 9.53 Å². The zero-order chi connectivity index (χ0) is 19.5. The highest BCUT2D eigenvalue weighted by molar-refractivity contribution is 6.30. The molecule has 0 aliphatic carbocycles. The Hall–Kier alpha value is -2.37. The molecule has 2 heterocycles. The Morgan fingerprint density at radius 1 is 1.18 bits per heavy atom. The topological polar surface area (TPSA) is 45.1 Å². The molecular formula is C22H24ClN3O2. The van der Waals surface area contributed by atoms with Crippen LogP contribution in [0.4, 0.5) is 0 Å². The lowest BCUT2D eigenvalue weighted by Gasteiger charge is -2.24. The SMILES string of the molecule is COc1cccc(C2=NN(C(=O)CN3CCCC3)C(c3ccc(Cl)cc3)C2)c1. The van der Waals surface area contributed by atoms with E-state index in [2.05, 4.69) is 4.90 Å². The molecule has 0 aromatic heterocycles. The van der Waals surface area contributed by atoms with E-state index in [4.69, 9.17) is 21.4 Å². The minimum atomic E-state index is -0.117. The summed E-state index contributed by atoms with van der Waals surface area (Å²) in [5, 5.41) is 7.09. The van der Waals surface area contributed by atoms with Crippen LogP contribution in [0, 0.1) is 0 Å². The van der Waals surface area contributed by atoms with Gasteiger partial charge in [0.15, 0.2) is 0 Å². The Morgan fingerprint density at radius 2 is 1.93 bits per heavy atom. The Kier molecular flexibility index (Phi) is 5.64. The fraction of sp³-hybridized carbons (Fsp3) is 0.364. The molecule has 0 spiro atoms. The molecule has 28 heavy (non-hydrogen) atoms. The maximum atomic E-state index is 13.1. The predicted molar refractivity (Wildman–Crippen MR) is 111 cm³/mol. The lowest BCUT2D eigenvalue weighted by Crippen LogP contribution is -2.36. The van der Waals surface area contributed by atoms with Gasteiger partial charge in [0.1, 0.15) is 5.75 Å². The van der Waals surface area contributed by atoms with E-state index in [1.54, 1.807) is 12.1 Å². The predicted octanol–water partition coefficient (Wildman–Crippen LogP) is 4.12. The molecule has 2 aliphatic heterocycles. The van der Waals surface area contributed by atoms with E-state index >= 15 is 0 Å². The van der Waals surface area contributed by atoms with Crippen LogP contribution in [0.5, 0.6) is 5.75 Å². The van der Waals surface area contributed by atoms with Crippen LogP contribution in [-0.2, 0) is 4.79 Å². The van der Waals surface area contributed by atoms with Gasteiger partial charge in [-0.05, 0) is 55.8 Å². The van der Waals surface area contributed by atoms with E-state index in [1.807, 2.05) is 48.5 Å². The van der Waals surface area contributed by atoms with Gasteiger partial charge in [-0.3, -0.25) is 9.69 Å². The van der Waals surface area contributed by atoms with Gasteiger partial charge in [0.05, 0.1) is 25.4 Å². The quantitative estimate of drug-likeness (QED) is 0.762. The second-order valence-electron chi connectivity index (χ2n) is 7.27. The van der Waals surface area contributed by atoms with Crippen molar-refractivity contribution >= 4 is 23.2 Å². The number of amides is 1. The molecule has 0 N–H and O–H groups in total. The van der Waals surface area contributed by atoms with Crippen molar-refractivity contribution in [1.82, 2.24) is 9.91 Å². The van der Waals surface area contributed by atoms with E-state index < -0.39 is 0 Å². The number of nitrogens with zero attached hydrogens (tertiary/aromatic N) is 3. The first kappa shape index (κ1) is 19.0. The molecule has 1 fully saturated rings. The number of likely N-dealkylation sites (tertiary alicyclic amines) is 1.